The average Bonchev–Trinajstić information content (AvgIpc) is 2.97. The number of carboxylic acid groups (broad SMARTS) is 1. The van der Waals surface area contributed by atoms with E-state index in [1.165, 1.54) is 0 Å². The van der Waals surface area contributed by atoms with Gasteiger partial charge in [-0.1, -0.05) is 0 Å². The van der Waals surface area contributed by atoms with Crippen LogP contribution in [0.25, 0.3) is 0 Å². The fraction of sp³-hybridized carbons (Fsp3) is 0.818. The van der Waals surface area contributed by atoms with Gasteiger partial charge in [0.2, 0.25) is 5.91 Å². The third-order valence-electron chi connectivity index (χ3n) is 3.75. The van der Waals surface area contributed by atoms with E-state index in [-0.39, 0.29) is 11.8 Å². The van der Waals surface area contributed by atoms with Crippen molar-refractivity contribution in [2.24, 2.45) is 17.8 Å². The van der Waals surface area contributed by atoms with Crippen LogP contribution in [-0.4, -0.2) is 35.0 Å². The minimum Gasteiger partial charge on any atom is -0.481 e. The lowest BCUT2D eigenvalue weighted by Crippen LogP contribution is -2.37. The van der Waals surface area contributed by atoms with E-state index in [9.17, 15) is 9.59 Å². The fourth-order valence-corrected chi connectivity index (χ4v) is 2.66. The Kier molecular flexibility index (Phi) is 2.67. The summed E-state index contributed by atoms with van der Waals surface area (Å²) in [5, 5.41) is 8.83. The van der Waals surface area contributed by atoms with Crippen molar-refractivity contribution < 1.29 is 14.7 Å². The van der Waals surface area contributed by atoms with Gasteiger partial charge in [0.15, 0.2) is 0 Å². The lowest BCUT2D eigenvalue weighted by Gasteiger charge is -2.31. The molecule has 1 aliphatic heterocycles. The third-order valence-corrected chi connectivity index (χ3v) is 3.75. The van der Waals surface area contributed by atoms with E-state index in [1.807, 2.05) is 4.90 Å². The van der Waals surface area contributed by atoms with E-state index in [1.54, 1.807) is 6.92 Å². The van der Waals surface area contributed by atoms with Crippen LogP contribution in [0, 0.1) is 17.8 Å². The number of amides is 1. The van der Waals surface area contributed by atoms with Crippen LogP contribution in [0.15, 0.2) is 0 Å². The number of carbonyl (C=O) groups excluding carboxylic acids is 1. The topological polar surface area (TPSA) is 57.6 Å². The lowest BCUT2D eigenvalue weighted by molar-refractivity contribution is -0.139. The second-order valence-corrected chi connectivity index (χ2v) is 4.69. The molecule has 1 saturated carbocycles. The largest absolute Gasteiger partial charge is 0.481 e. The van der Waals surface area contributed by atoms with Gasteiger partial charge in [-0.25, -0.2) is 0 Å². The van der Waals surface area contributed by atoms with E-state index in [0.717, 1.165) is 32.4 Å². The summed E-state index contributed by atoms with van der Waals surface area (Å²) in [5.41, 5.74) is 0. The van der Waals surface area contributed by atoms with Crippen molar-refractivity contribution in [3.8, 4) is 0 Å². The van der Waals surface area contributed by atoms with Gasteiger partial charge < -0.3 is 10.0 Å². The van der Waals surface area contributed by atoms with E-state index in [2.05, 4.69) is 0 Å². The first-order valence-corrected chi connectivity index (χ1v) is 5.58. The zero-order chi connectivity index (χ0) is 11.0. The maximum atomic E-state index is 11.1. The Balaban J connectivity index is 1.80. The summed E-state index contributed by atoms with van der Waals surface area (Å²) < 4.78 is 0. The smallest absolute Gasteiger partial charge is 0.306 e. The van der Waals surface area contributed by atoms with Gasteiger partial charge in [0.1, 0.15) is 0 Å². The SMILES string of the molecule is CC(=O)N1CCC([C@H]2C[C@@H]2C(=O)O)CC1. The van der Waals surface area contributed by atoms with Crippen molar-refractivity contribution in [3.63, 3.8) is 0 Å². The molecule has 0 aromatic heterocycles. The average molecular weight is 211 g/mol. The Morgan fingerprint density at radius 3 is 2.27 bits per heavy atom. The maximum Gasteiger partial charge on any atom is 0.306 e. The molecule has 2 rings (SSSR count). The molecular formula is C11H17NO3. The summed E-state index contributed by atoms with van der Waals surface area (Å²) in [5.74, 6) is 0.310. The first-order chi connectivity index (χ1) is 7.09. The van der Waals surface area contributed by atoms with E-state index >= 15 is 0 Å². The third kappa shape index (κ3) is 2.13. The summed E-state index contributed by atoms with van der Waals surface area (Å²) in [6.07, 6.45) is 2.81. The normalized spacial score (nSPS) is 31.4. The predicted molar refractivity (Wildman–Crippen MR) is 54.2 cm³/mol. The second-order valence-electron chi connectivity index (χ2n) is 4.69. The number of carboxylic acids is 1. The van der Waals surface area contributed by atoms with E-state index < -0.39 is 5.97 Å². The van der Waals surface area contributed by atoms with Crippen LogP contribution in [0.4, 0.5) is 0 Å². The van der Waals surface area contributed by atoms with Crippen LogP contribution < -0.4 is 0 Å². The number of nitrogens with zero attached hydrogens (tertiary/aromatic N) is 1. The number of piperidine rings is 1. The predicted octanol–water partition coefficient (Wildman–Crippen LogP) is 0.966. The fourth-order valence-electron chi connectivity index (χ4n) is 2.66. The zero-order valence-electron chi connectivity index (χ0n) is 8.98. The monoisotopic (exact) mass is 211 g/mol. The molecule has 1 N–H and O–H groups in total. The number of hydrogen-bond acceptors (Lipinski definition) is 2. The Morgan fingerprint density at radius 1 is 1.27 bits per heavy atom. The quantitative estimate of drug-likeness (QED) is 0.740. The molecule has 0 radical (unpaired) electrons. The summed E-state index contributed by atoms with van der Waals surface area (Å²) >= 11 is 0. The van der Waals surface area contributed by atoms with Crippen LogP contribution >= 0.6 is 0 Å². The Labute approximate surface area is 89.3 Å². The molecule has 84 valence electrons. The number of rotatable bonds is 2. The van der Waals surface area contributed by atoms with Crippen molar-refractivity contribution in [2.45, 2.75) is 26.2 Å². The molecule has 4 heteroatoms. The number of carbonyl (C=O) groups is 2. The first kappa shape index (κ1) is 10.5. The zero-order valence-corrected chi connectivity index (χ0v) is 8.98. The molecule has 2 aliphatic rings. The molecule has 0 unspecified atom stereocenters. The Morgan fingerprint density at radius 2 is 1.87 bits per heavy atom. The van der Waals surface area contributed by atoms with Gasteiger partial charge in [0.05, 0.1) is 5.92 Å². The molecular weight excluding hydrogens is 194 g/mol. The second kappa shape index (κ2) is 3.83. The standard InChI is InChI=1S/C11H17NO3/c1-7(13)12-4-2-8(3-5-12)9-6-10(9)11(14)15/h8-10H,2-6H2,1H3,(H,14,15)/t9-,10+/m1/s1. The van der Waals surface area contributed by atoms with E-state index in [0.29, 0.717) is 11.8 Å². The van der Waals surface area contributed by atoms with E-state index in [4.69, 9.17) is 5.11 Å². The molecule has 1 aliphatic carbocycles. The summed E-state index contributed by atoms with van der Waals surface area (Å²) in [4.78, 5) is 23.7. The molecule has 2 atom stereocenters. The molecule has 15 heavy (non-hydrogen) atoms. The van der Waals surface area contributed by atoms with Crippen molar-refractivity contribution in [2.75, 3.05) is 13.1 Å². The molecule has 2 fully saturated rings. The summed E-state index contributed by atoms with van der Waals surface area (Å²) in [6.45, 7) is 3.21. The van der Waals surface area contributed by atoms with Gasteiger partial charge in [-0.15, -0.1) is 0 Å². The molecule has 1 amide bonds. The molecule has 0 aromatic rings. The molecule has 0 bridgehead atoms. The van der Waals surface area contributed by atoms with Crippen molar-refractivity contribution >= 4 is 11.9 Å². The number of aliphatic carboxylic acids is 1. The van der Waals surface area contributed by atoms with Crippen molar-refractivity contribution in [3.05, 3.63) is 0 Å². The van der Waals surface area contributed by atoms with Crippen LogP contribution in [0.2, 0.25) is 0 Å². The Hall–Kier alpha value is -1.06. The van der Waals surface area contributed by atoms with Gasteiger partial charge >= 0.3 is 5.97 Å². The van der Waals surface area contributed by atoms with Gasteiger partial charge in [-0.2, -0.15) is 0 Å². The van der Waals surface area contributed by atoms with Gasteiger partial charge in [0.25, 0.3) is 0 Å². The van der Waals surface area contributed by atoms with Gasteiger partial charge in [0, 0.05) is 20.0 Å². The highest BCUT2D eigenvalue weighted by Gasteiger charge is 2.48. The highest BCUT2D eigenvalue weighted by atomic mass is 16.4. The number of likely N-dealkylation sites (tertiary alicyclic amines) is 1. The van der Waals surface area contributed by atoms with Crippen molar-refractivity contribution in [1.29, 1.82) is 0 Å². The maximum absolute atomic E-state index is 11.1. The van der Waals surface area contributed by atoms with Crippen LogP contribution in [-0.2, 0) is 9.59 Å². The molecule has 1 heterocycles. The minimum atomic E-state index is -0.644. The highest BCUT2D eigenvalue weighted by Crippen LogP contribution is 2.47. The summed E-state index contributed by atoms with van der Waals surface area (Å²) in [6, 6.07) is 0. The van der Waals surface area contributed by atoms with Gasteiger partial charge in [-0.05, 0) is 31.1 Å². The van der Waals surface area contributed by atoms with Crippen molar-refractivity contribution in [1.82, 2.24) is 4.90 Å². The highest BCUT2D eigenvalue weighted by molar-refractivity contribution is 5.74. The Bertz CT molecular complexity index is 282. The molecule has 1 saturated heterocycles. The van der Waals surface area contributed by atoms with Crippen LogP contribution in [0.5, 0.6) is 0 Å². The van der Waals surface area contributed by atoms with Crippen LogP contribution in [0.1, 0.15) is 26.2 Å². The summed E-state index contributed by atoms with van der Waals surface area (Å²) in [7, 11) is 0. The number of hydrogen-bond donors (Lipinski definition) is 1. The first-order valence-electron chi connectivity index (χ1n) is 5.58. The van der Waals surface area contributed by atoms with Gasteiger partial charge in [-0.3, -0.25) is 9.59 Å². The molecule has 4 nitrogen and oxygen atoms in total. The lowest BCUT2D eigenvalue weighted by atomic mass is 9.91. The van der Waals surface area contributed by atoms with Crippen LogP contribution in [0.3, 0.4) is 0 Å². The molecule has 0 spiro atoms. The minimum absolute atomic E-state index is 0.0983. The molecule has 0 aromatic carbocycles.